The first-order chi connectivity index (χ1) is 11.7. The molecule has 0 aliphatic carbocycles. The molecule has 0 fully saturated rings. The molecule has 25 heavy (non-hydrogen) atoms. The van der Waals surface area contributed by atoms with E-state index in [9.17, 15) is 14.7 Å². The maximum absolute atomic E-state index is 12.3. The van der Waals surface area contributed by atoms with E-state index in [1.54, 1.807) is 0 Å². The number of carbonyl (C=O) groups excluding carboxylic acids is 1. The Morgan fingerprint density at radius 2 is 1.44 bits per heavy atom. The van der Waals surface area contributed by atoms with Crippen molar-refractivity contribution in [1.82, 2.24) is 0 Å². The van der Waals surface area contributed by atoms with Crippen LogP contribution in [0, 0.1) is 33.5 Å². The fraction of sp³-hybridized carbons (Fsp3) is 0.789. The van der Waals surface area contributed by atoms with Gasteiger partial charge in [0.2, 0.25) is 0 Å². The van der Waals surface area contributed by atoms with Crippen molar-refractivity contribution in [3.63, 3.8) is 0 Å². The van der Waals surface area contributed by atoms with Gasteiger partial charge in [0.1, 0.15) is 0 Å². The number of ether oxygens (including phenoxy) is 1. The van der Waals surface area contributed by atoms with E-state index in [1.165, 1.54) is 0 Å². The van der Waals surface area contributed by atoms with Gasteiger partial charge in [-0.3, -0.25) is 9.59 Å². The van der Waals surface area contributed by atoms with Gasteiger partial charge in [0.25, 0.3) is 0 Å². The largest absolute Gasteiger partial charge is 0.480 e. The second-order valence-electron chi connectivity index (χ2n) is 7.56. The Labute approximate surface area is 150 Å². The maximum atomic E-state index is 12.3. The molecular weight excluding hydrogens is 320 g/mol. The first-order valence-corrected chi connectivity index (χ1v) is 8.84. The summed E-state index contributed by atoms with van der Waals surface area (Å²) in [5, 5.41) is 26.9. The van der Waals surface area contributed by atoms with Gasteiger partial charge in [-0.2, -0.15) is 10.5 Å². The van der Waals surface area contributed by atoms with E-state index in [0.717, 1.165) is 25.7 Å². The molecule has 0 aliphatic rings. The SMILES string of the molecule is CC(C)(C)CCCCCCOC(=O)C(CCC#N)(CCC#N)C(=O)O. The standard InChI is InChI=1S/C19H30N2O4/c1-18(2,3)10-6-4-5-7-15-25-17(24)19(16(22)23,11-8-13-20)12-9-14-21/h4-12,15H2,1-3H3,(H,22,23). The van der Waals surface area contributed by atoms with Gasteiger partial charge in [0.15, 0.2) is 5.41 Å². The molecule has 0 aromatic carbocycles. The Morgan fingerprint density at radius 1 is 0.920 bits per heavy atom. The number of unbranched alkanes of at least 4 members (excludes halogenated alkanes) is 3. The Hall–Kier alpha value is -2.08. The Balaban J connectivity index is 4.45. The van der Waals surface area contributed by atoms with Gasteiger partial charge in [0, 0.05) is 12.8 Å². The third-order valence-electron chi connectivity index (χ3n) is 4.18. The lowest BCUT2D eigenvalue weighted by Crippen LogP contribution is -2.41. The van der Waals surface area contributed by atoms with Crippen LogP contribution in [0.1, 0.15) is 78.6 Å². The third-order valence-corrected chi connectivity index (χ3v) is 4.18. The summed E-state index contributed by atoms with van der Waals surface area (Å²) in [6.07, 6.45) is 4.48. The van der Waals surface area contributed by atoms with Crippen LogP contribution in [0.5, 0.6) is 0 Å². The van der Waals surface area contributed by atoms with Crippen LogP contribution in [0.15, 0.2) is 0 Å². The number of rotatable bonds is 12. The predicted octanol–water partition coefficient (Wildman–Crippen LogP) is 4.20. The summed E-state index contributed by atoms with van der Waals surface area (Å²) in [5.41, 5.74) is -1.48. The van der Waals surface area contributed by atoms with Crippen LogP contribution < -0.4 is 0 Å². The van der Waals surface area contributed by atoms with Crippen molar-refractivity contribution in [3.8, 4) is 12.1 Å². The number of carboxylic acid groups (broad SMARTS) is 1. The van der Waals surface area contributed by atoms with Crippen LogP contribution in [0.3, 0.4) is 0 Å². The Kier molecular flexibility index (Phi) is 10.5. The van der Waals surface area contributed by atoms with Crippen molar-refractivity contribution >= 4 is 11.9 Å². The second kappa shape index (κ2) is 11.5. The third kappa shape index (κ3) is 9.10. The number of carboxylic acids is 1. The lowest BCUT2D eigenvalue weighted by Gasteiger charge is -2.25. The fourth-order valence-corrected chi connectivity index (χ4v) is 2.58. The molecule has 6 nitrogen and oxygen atoms in total. The zero-order valence-corrected chi connectivity index (χ0v) is 15.6. The highest BCUT2D eigenvalue weighted by atomic mass is 16.5. The first-order valence-electron chi connectivity index (χ1n) is 8.84. The molecule has 0 saturated heterocycles. The number of hydrogen-bond donors (Lipinski definition) is 1. The van der Waals surface area contributed by atoms with Gasteiger partial charge in [-0.05, 0) is 31.1 Å². The predicted molar refractivity (Wildman–Crippen MR) is 93.3 cm³/mol. The van der Waals surface area contributed by atoms with E-state index < -0.39 is 17.4 Å². The highest BCUT2D eigenvalue weighted by molar-refractivity contribution is 5.99. The van der Waals surface area contributed by atoms with E-state index in [2.05, 4.69) is 20.8 Å². The van der Waals surface area contributed by atoms with Gasteiger partial charge < -0.3 is 9.84 Å². The van der Waals surface area contributed by atoms with Crippen LogP contribution in [0.4, 0.5) is 0 Å². The molecular formula is C19H30N2O4. The molecule has 140 valence electrons. The van der Waals surface area contributed by atoms with Crippen molar-refractivity contribution in [2.24, 2.45) is 10.8 Å². The minimum Gasteiger partial charge on any atom is -0.480 e. The van der Waals surface area contributed by atoms with E-state index in [1.807, 2.05) is 12.1 Å². The molecule has 0 atom stereocenters. The molecule has 0 aliphatic heterocycles. The van der Waals surface area contributed by atoms with Gasteiger partial charge in [-0.25, -0.2) is 0 Å². The zero-order valence-electron chi connectivity index (χ0n) is 15.6. The van der Waals surface area contributed by atoms with E-state index >= 15 is 0 Å². The molecule has 0 heterocycles. The first kappa shape index (κ1) is 22.9. The average molecular weight is 350 g/mol. The summed E-state index contributed by atoms with van der Waals surface area (Å²) < 4.78 is 5.17. The molecule has 0 aromatic rings. The molecule has 6 heteroatoms. The summed E-state index contributed by atoms with van der Waals surface area (Å²) >= 11 is 0. The zero-order chi connectivity index (χ0) is 19.3. The van der Waals surface area contributed by atoms with Crippen LogP contribution in [-0.2, 0) is 14.3 Å². The average Bonchev–Trinajstić information content (AvgIpc) is 2.52. The van der Waals surface area contributed by atoms with Crippen molar-refractivity contribution in [1.29, 1.82) is 10.5 Å². The van der Waals surface area contributed by atoms with Gasteiger partial charge in [0.05, 0.1) is 18.7 Å². The number of nitrogens with zero attached hydrogens (tertiary/aromatic N) is 2. The normalized spacial score (nSPS) is 11.4. The molecule has 0 saturated carbocycles. The molecule has 0 bridgehead atoms. The van der Waals surface area contributed by atoms with E-state index in [-0.39, 0.29) is 32.3 Å². The van der Waals surface area contributed by atoms with Crippen LogP contribution in [0.25, 0.3) is 0 Å². The number of esters is 1. The monoisotopic (exact) mass is 350 g/mol. The molecule has 0 unspecified atom stereocenters. The second-order valence-corrected chi connectivity index (χ2v) is 7.56. The number of hydrogen-bond acceptors (Lipinski definition) is 5. The van der Waals surface area contributed by atoms with Crippen LogP contribution in [-0.4, -0.2) is 23.7 Å². The van der Waals surface area contributed by atoms with Crippen molar-refractivity contribution < 1.29 is 19.4 Å². The summed E-state index contributed by atoms with van der Waals surface area (Å²) in [6, 6.07) is 3.72. The lowest BCUT2D eigenvalue weighted by molar-refractivity contribution is -0.170. The molecule has 1 N–H and O–H groups in total. The van der Waals surface area contributed by atoms with Crippen molar-refractivity contribution in [3.05, 3.63) is 0 Å². The minimum atomic E-state index is -1.79. The summed E-state index contributed by atoms with van der Waals surface area (Å²) in [6.45, 7) is 6.76. The van der Waals surface area contributed by atoms with Gasteiger partial charge in [-0.15, -0.1) is 0 Å². The highest BCUT2D eigenvalue weighted by Crippen LogP contribution is 2.32. The summed E-state index contributed by atoms with van der Waals surface area (Å²) in [4.78, 5) is 23.9. The molecule has 0 rings (SSSR count). The maximum Gasteiger partial charge on any atom is 0.323 e. The molecule has 0 amide bonds. The Bertz CT molecular complexity index is 491. The fourth-order valence-electron chi connectivity index (χ4n) is 2.58. The van der Waals surface area contributed by atoms with E-state index in [4.69, 9.17) is 15.3 Å². The Morgan fingerprint density at radius 3 is 1.88 bits per heavy atom. The minimum absolute atomic E-state index is 0.0698. The molecule has 0 aromatic heterocycles. The lowest BCUT2D eigenvalue weighted by atomic mass is 9.79. The topological polar surface area (TPSA) is 111 Å². The number of carbonyl (C=O) groups is 2. The molecule has 0 radical (unpaired) electrons. The van der Waals surface area contributed by atoms with Gasteiger partial charge in [-0.1, -0.05) is 40.0 Å². The highest BCUT2D eigenvalue weighted by Gasteiger charge is 2.46. The van der Waals surface area contributed by atoms with Crippen LogP contribution >= 0.6 is 0 Å². The van der Waals surface area contributed by atoms with Crippen molar-refractivity contribution in [2.45, 2.75) is 78.6 Å². The van der Waals surface area contributed by atoms with E-state index in [0.29, 0.717) is 11.8 Å². The van der Waals surface area contributed by atoms with Crippen molar-refractivity contribution in [2.75, 3.05) is 6.61 Å². The number of aliphatic carboxylic acids is 1. The summed E-state index contributed by atoms with van der Waals surface area (Å²) in [5.74, 6) is -2.16. The van der Waals surface area contributed by atoms with Gasteiger partial charge >= 0.3 is 11.9 Å². The number of nitriles is 2. The molecule has 0 spiro atoms. The summed E-state index contributed by atoms with van der Waals surface area (Å²) in [7, 11) is 0. The quantitative estimate of drug-likeness (QED) is 0.321. The van der Waals surface area contributed by atoms with Crippen LogP contribution in [0.2, 0.25) is 0 Å². The smallest absolute Gasteiger partial charge is 0.323 e.